The van der Waals surface area contributed by atoms with E-state index in [1.54, 1.807) is 12.1 Å². The molecule has 0 spiro atoms. The van der Waals surface area contributed by atoms with Crippen molar-refractivity contribution in [3.63, 3.8) is 0 Å². The Morgan fingerprint density at radius 2 is 2.16 bits per heavy atom. The Morgan fingerprint density at radius 3 is 2.79 bits per heavy atom. The number of hydrogen-bond acceptors (Lipinski definition) is 4. The molecule has 0 saturated heterocycles. The third-order valence-electron chi connectivity index (χ3n) is 2.47. The van der Waals surface area contributed by atoms with Crippen LogP contribution in [0.4, 0.5) is 11.4 Å². The number of rotatable bonds is 5. The van der Waals surface area contributed by atoms with E-state index in [0.29, 0.717) is 16.7 Å². The van der Waals surface area contributed by atoms with E-state index < -0.39 is 4.92 Å². The molecular weight excluding hydrogens is 352 g/mol. The van der Waals surface area contributed by atoms with Crippen molar-refractivity contribution in [2.24, 2.45) is 0 Å². The van der Waals surface area contributed by atoms with E-state index in [1.165, 1.54) is 17.4 Å². The van der Waals surface area contributed by atoms with Crippen LogP contribution < -0.4 is 5.32 Å². The molecule has 0 aliphatic heterocycles. The van der Waals surface area contributed by atoms with E-state index in [1.807, 2.05) is 12.1 Å². The van der Waals surface area contributed by atoms with Crippen molar-refractivity contribution in [3.8, 4) is 0 Å². The molecule has 2 aromatic rings. The van der Waals surface area contributed by atoms with Crippen molar-refractivity contribution >= 4 is 50.2 Å². The highest BCUT2D eigenvalue weighted by Gasteiger charge is 2.13. The minimum Gasteiger partial charge on any atom is -0.379 e. The zero-order valence-corrected chi connectivity index (χ0v) is 12.9. The number of halogens is 2. The van der Waals surface area contributed by atoms with Crippen molar-refractivity contribution in [3.05, 3.63) is 54.1 Å². The Hall–Kier alpha value is -1.11. The van der Waals surface area contributed by atoms with Gasteiger partial charge in [-0.25, -0.2) is 0 Å². The van der Waals surface area contributed by atoms with Crippen molar-refractivity contribution in [2.75, 3.05) is 11.9 Å². The number of nitro benzene ring substituents is 1. The monoisotopic (exact) mass is 360 g/mol. The maximum Gasteiger partial charge on any atom is 0.293 e. The molecule has 19 heavy (non-hydrogen) atoms. The van der Waals surface area contributed by atoms with Crippen LogP contribution in [0.25, 0.3) is 0 Å². The van der Waals surface area contributed by atoms with Crippen molar-refractivity contribution in [2.45, 2.75) is 6.42 Å². The molecule has 0 bridgehead atoms. The lowest BCUT2D eigenvalue weighted by Crippen LogP contribution is -2.06. The molecule has 0 saturated carbocycles. The van der Waals surface area contributed by atoms with Crippen molar-refractivity contribution in [1.29, 1.82) is 0 Å². The first-order chi connectivity index (χ1) is 9.06. The van der Waals surface area contributed by atoms with Gasteiger partial charge in [-0.15, -0.1) is 11.3 Å². The number of benzene rings is 1. The molecule has 0 aliphatic carbocycles. The van der Waals surface area contributed by atoms with Gasteiger partial charge < -0.3 is 5.32 Å². The van der Waals surface area contributed by atoms with E-state index in [4.69, 9.17) is 11.6 Å². The molecule has 1 aromatic heterocycles. The first-order valence-corrected chi connectivity index (χ1v) is 7.47. The van der Waals surface area contributed by atoms with Crippen molar-refractivity contribution in [1.82, 2.24) is 0 Å². The van der Waals surface area contributed by atoms with Crippen LogP contribution in [0.5, 0.6) is 0 Å². The number of nitrogens with one attached hydrogen (secondary N) is 1. The van der Waals surface area contributed by atoms with Gasteiger partial charge in [0.05, 0.1) is 9.26 Å². The molecule has 0 aliphatic rings. The highest BCUT2D eigenvalue weighted by atomic mass is 79.9. The molecule has 0 unspecified atom stereocenters. The molecule has 1 N–H and O–H groups in total. The summed E-state index contributed by atoms with van der Waals surface area (Å²) in [6.45, 7) is 0.624. The van der Waals surface area contributed by atoms with E-state index >= 15 is 0 Å². The Bertz CT molecular complexity index is 603. The fourth-order valence-corrected chi connectivity index (χ4v) is 3.05. The third-order valence-corrected chi connectivity index (χ3v) is 4.26. The van der Waals surface area contributed by atoms with E-state index in [0.717, 1.165) is 15.6 Å². The zero-order valence-electron chi connectivity index (χ0n) is 9.73. The summed E-state index contributed by atoms with van der Waals surface area (Å²) in [5.41, 5.74) is 0.592. The van der Waals surface area contributed by atoms with Crippen LogP contribution in [-0.2, 0) is 6.42 Å². The van der Waals surface area contributed by atoms with E-state index in [9.17, 15) is 10.1 Å². The second-order valence-corrected chi connectivity index (χ2v) is 6.52. The molecular formula is C12H10BrClN2O2S. The second kappa shape index (κ2) is 6.36. The molecule has 1 aromatic carbocycles. The predicted molar refractivity (Wildman–Crippen MR) is 82.3 cm³/mol. The summed E-state index contributed by atoms with van der Waals surface area (Å²) in [7, 11) is 0. The average Bonchev–Trinajstić information content (AvgIpc) is 2.77. The topological polar surface area (TPSA) is 55.2 Å². The largest absolute Gasteiger partial charge is 0.379 e. The predicted octanol–water partition coefficient (Wildman–Crippen LogP) is 4.73. The molecule has 0 atom stereocenters. The summed E-state index contributed by atoms with van der Waals surface area (Å²) >= 11 is 10.6. The standard InChI is InChI=1S/C12H10BrClN2O2S/c13-8-1-3-10(11(7-8)16(17)18)15-6-5-9-2-4-12(14)19-9/h1-4,7,15H,5-6H2. The summed E-state index contributed by atoms with van der Waals surface area (Å²) in [6, 6.07) is 8.78. The maximum absolute atomic E-state index is 10.9. The van der Waals surface area contributed by atoms with Gasteiger partial charge in [-0.05, 0) is 30.7 Å². The Kier molecular flexibility index (Phi) is 4.79. The minimum absolute atomic E-state index is 0.0681. The Morgan fingerprint density at radius 1 is 1.37 bits per heavy atom. The van der Waals surface area contributed by atoms with Crippen LogP contribution in [-0.4, -0.2) is 11.5 Å². The van der Waals surface area contributed by atoms with Gasteiger partial charge in [0.2, 0.25) is 0 Å². The number of nitro groups is 1. The highest BCUT2D eigenvalue weighted by molar-refractivity contribution is 9.10. The minimum atomic E-state index is -0.394. The van der Waals surface area contributed by atoms with Crippen molar-refractivity contribution < 1.29 is 4.92 Å². The molecule has 100 valence electrons. The van der Waals surface area contributed by atoms with Gasteiger partial charge >= 0.3 is 0 Å². The first kappa shape index (κ1) is 14.3. The zero-order chi connectivity index (χ0) is 13.8. The summed E-state index contributed by atoms with van der Waals surface area (Å²) in [5, 5.41) is 14.0. The van der Waals surface area contributed by atoms with Crippen LogP contribution in [0.1, 0.15) is 4.88 Å². The first-order valence-electron chi connectivity index (χ1n) is 5.48. The Balaban J connectivity index is 2.01. The Labute approximate surface area is 127 Å². The summed E-state index contributed by atoms with van der Waals surface area (Å²) in [6.07, 6.45) is 0.782. The van der Waals surface area contributed by atoms with Gasteiger partial charge in [-0.1, -0.05) is 27.5 Å². The van der Waals surface area contributed by atoms with Crippen LogP contribution in [0.2, 0.25) is 4.34 Å². The lowest BCUT2D eigenvalue weighted by Gasteiger charge is -2.06. The SMILES string of the molecule is O=[N+]([O-])c1cc(Br)ccc1NCCc1ccc(Cl)s1. The van der Waals surface area contributed by atoms with E-state index in [2.05, 4.69) is 21.2 Å². The lowest BCUT2D eigenvalue weighted by atomic mass is 10.2. The van der Waals surface area contributed by atoms with Gasteiger partial charge in [0.25, 0.3) is 5.69 Å². The van der Waals surface area contributed by atoms with Gasteiger partial charge in [0.15, 0.2) is 0 Å². The van der Waals surface area contributed by atoms with Gasteiger partial charge in [0, 0.05) is 22.0 Å². The molecule has 0 radical (unpaired) electrons. The maximum atomic E-state index is 10.9. The van der Waals surface area contributed by atoms with Gasteiger partial charge in [-0.2, -0.15) is 0 Å². The van der Waals surface area contributed by atoms with Crippen LogP contribution in [0, 0.1) is 10.1 Å². The van der Waals surface area contributed by atoms with E-state index in [-0.39, 0.29) is 5.69 Å². The number of thiophene rings is 1. The summed E-state index contributed by atoms with van der Waals surface area (Å²) < 4.78 is 1.44. The normalized spacial score (nSPS) is 10.4. The molecule has 0 fully saturated rings. The summed E-state index contributed by atoms with van der Waals surface area (Å²) in [5.74, 6) is 0. The third kappa shape index (κ3) is 3.92. The van der Waals surface area contributed by atoms with Crippen LogP contribution >= 0.6 is 38.9 Å². The fourth-order valence-electron chi connectivity index (χ4n) is 1.61. The summed E-state index contributed by atoms with van der Waals surface area (Å²) in [4.78, 5) is 11.7. The average molecular weight is 362 g/mol. The van der Waals surface area contributed by atoms with Crippen LogP contribution in [0.15, 0.2) is 34.8 Å². The molecule has 1 heterocycles. The highest BCUT2D eigenvalue weighted by Crippen LogP contribution is 2.28. The molecule has 0 amide bonds. The fraction of sp³-hybridized carbons (Fsp3) is 0.167. The van der Waals surface area contributed by atoms with Gasteiger partial charge in [-0.3, -0.25) is 10.1 Å². The smallest absolute Gasteiger partial charge is 0.293 e. The van der Waals surface area contributed by atoms with Gasteiger partial charge in [0.1, 0.15) is 5.69 Å². The number of nitrogens with zero attached hydrogens (tertiary/aromatic N) is 1. The molecule has 7 heteroatoms. The quantitative estimate of drug-likeness (QED) is 0.619. The molecule has 2 rings (SSSR count). The molecule has 4 nitrogen and oxygen atoms in total. The number of anilines is 1. The van der Waals surface area contributed by atoms with Crippen LogP contribution in [0.3, 0.4) is 0 Å². The lowest BCUT2D eigenvalue weighted by molar-refractivity contribution is -0.384. The number of hydrogen-bond donors (Lipinski definition) is 1. The second-order valence-electron chi connectivity index (χ2n) is 3.80.